The Morgan fingerprint density at radius 2 is 2.25 bits per heavy atom. The average molecular weight is 180 g/mol. The fraction of sp³-hybridized carbons (Fsp3) is 0.556. The van der Waals surface area contributed by atoms with E-state index in [0.717, 1.165) is 18.4 Å². The van der Waals surface area contributed by atoms with Gasteiger partial charge in [-0.05, 0) is 16.9 Å². The van der Waals surface area contributed by atoms with E-state index in [0.29, 0.717) is 0 Å². The molecule has 2 N–H and O–H groups in total. The van der Waals surface area contributed by atoms with Crippen molar-refractivity contribution in [3.8, 4) is 0 Å². The summed E-state index contributed by atoms with van der Waals surface area (Å²) >= 11 is 1.81. The number of thiophene rings is 1. The number of hydrogen-bond acceptors (Lipinski definition) is 3. The maximum Gasteiger partial charge on any atom is 0.0484 e. The van der Waals surface area contributed by atoms with Crippen LogP contribution in [0.5, 0.6) is 0 Å². The molecular weight excluding hydrogens is 168 g/mol. The SMILES string of the molecule is c1scc2c1NC[C@H]1CNC[C@@H]21. The molecule has 3 heterocycles. The van der Waals surface area contributed by atoms with Crippen LogP contribution in [0.2, 0.25) is 0 Å². The van der Waals surface area contributed by atoms with E-state index in [1.54, 1.807) is 5.56 Å². The minimum atomic E-state index is 0.785. The second kappa shape index (κ2) is 2.47. The van der Waals surface area contributed by atoms with Gasteiger partial charge in [0.2, 0.25) is 0 Å². The van der Waals surface area contributed by atoms with Gasteiger partial charge >= 0.3 is 0 Å². The number of fused-ring (bicyclic) bond motifs is 3. The Labute approximate surface area is 76.0 Å². The molecule has 0 aliphatic carbocycles. The van der Waals surface area contributed by atoms with E-state index in [2.05, 4.69) is 21.4 Å². The molecule has 0 aromatic carbocycles. The molecule has 1 aromatic heterocycles. The van der Waals surface area contributed by atoms with Crippen LogP contribution < -0.4 is 10.6 Å². The smallest absolute Gasteiger partial charge is 0.0484 e. The molecule has 0 radical (unpaired) electrons. The van der Waals surface area contributed by atoms with E-state index < -0.39 is 0 Å². The molecule has 3 rings (SSSR count). The van der Waals surface area contributed by atoms with E-state index in [-0.39, 0.29) is 0 Å². The fourth-order valence-corrected chi connectivity index (χ4v) is 3.16. The van der Waals surface area contributed by atoms with Gasteiger partial charge in [-0.15, -0.1) is 11.3 Å². The summed E-state index contributed by atoms with van der Waals surface area (Å²) < 4.78 is 0. The molecule has 0 bridgehead atoms. The molecule has 64 valence electrons. The summed E-state index contributed by atoms with van der Waals surface area (Å²) in [5.41, 5.74) is 2.92. The maximum absolute atomic E-state index is 3.48. The second-order valence-corrected chi connectivity index (χ2v) is 4.39. The highest BCUT2D eigenvalue weighted by molar-refractivity contribution is 7.08. The molecule has 2 nitrogen and oxygen atoms in total. The monoisotopic (exact) mass is 180 g/mol. The first-order valence-electron chi connectivity index (χ1n) is 4.46. The van der Waals surface area contributed by atoms with Crippen molar-refractivity contribution in [2.45, 2.75) is 5.92 Å². The molecule has 2 atom stereocenters. The summed E-state index contributed by atoms with van der Waals surface area (Å²) in [5.74, 6) is 1.61. The van der Waals surface area contributed by atoms with Gasteiger partial charge in [0.1, 0.15) is 0 Å². The van der Waals surface area contributed by atoms with E-state index in [4.69, 9.17) is 0 Å². The van der Waals surface area contributed by atoms with E-state index in [9.17, 15) is 0 Å². The second-order valence-electron chi connectivity index (χ2n) is 3.65. The Balaban J connectivity index is 2.04. The lowest BCUT2D eigenvalue weighted by atomic mass is 9.87. The first-order chi connectivity index (χ1) is 5.95. The highest BCUT2D eigenvalue weighted by Crippen LogP contribution is 2.39. The van der Waals surface area contributed by atoms with Gasteiger partial charge in [0.05, 0.1) is 0 Å². The van der Waals surface area contributed by atoms with E-state index in [1.165, 1.54) is 18.8 Å². The van der Waals surface area contributed by atoms with Crippen LogP contribution in [0.15, 0.2) is 10.8 Å². The minimum Gasteiger partial charge on any atom is -0.384 e. The Hall–Kier alpha value is -0.540. The lowest BCUT2D eigenvalue weighted by molar-refractivity contribution is 0.532. The summed E-state index contributed by atoms with van der Waals surface area (Å²) in [5, 5.41) is 11.5. The summed E-state index contributed by atoms with van der Waals surface area (Å²) in [6.07, 6.45) is 0. The third-order valence-corrected chi connectivity index (χ3v) is 3.75. The van der Waals surface area contributed by atoms with Gasteiger partial charge in [0.15, 0.2) is 0 Å². The standard InChI is InChI=1S/C9H12N2S/c1-6-2-11-9-5-12-4-8(9)7(6)3-10-1/h4-7,10-11H,1-3H2/t6-,7-/m1/s1. The first-order valence-corrected chi connectivity index (χ1v) is 5.40. The van der Waals surface area contributed by atoms with Crippen molar-refractivity contribution < 1.29 is 0 Å². The van der Waals surface area contributed by atoms with Gasteiger partial charge in [-0.2, -0.15) is 0 Å². The van der Waals surface area contributed by atoms with Crippen molar-refractivity contribution >= 4 is 17.0 Å². The molecule has 0 saturated carbocycles. The average Bonchev–Trinajstić information content (AvgIpc) is 2.71. The van der Waals surface area contributed by atoms with Crippen molar-refractivity contribution in [1.29, 1.82) is 0 Å². The van der Waals surface area contributed by atoms with Crippen molar-refractivity contribution in [3.05, 3.63) is 16.3 Å². The van der Waals surface area contributed by atoms with Crippen molar-refractivity contribution in [2.24, 2.45) is 5.92 Å². The topological polar surface area (TPSA) is 24.1 Å². The first kappa shape index (κ1) is 6.92. The van der Waals surface area contributed by atoms with Gasteiger partial charge in [-0.3, -0.25) is 0 Å². The normalized spacial score (nSPS) is 32.3. The van der Waals surface area contributed by atoms with Crippen LogP contribution in [0.4, 0.5) is 5.69 Å². The third-order valence-electron chi connectivity index (χ3n) is 2.99. The molecule has 0 unspecified atom stereocenters. The fourth-order valence-electron chi connectivity index (χ4n) is 2.29. The lowest BCUT2D eigenvalue weighted by Gasteiger charge is -2.26. The number of rotatable bonds is 0. The van der Waals surface area contributed by atoms with Gasteiger partial charge in [-0.25, -0.2) is 0 Å². The predicted molar refractivity (Wildman–Crippen MR) is 51.9 cm³/mol. The predicted octanol–water partition coefficient (Wildman–Crippen LogP) is 1.48. The minimum absolute atomic E-state index is 0.785. The summed E-state index contributed by atoms with van der Waals surface area (Å²) in [7, 11) is 0. The highest BCUT2D eigenvalue weighted by atomic mass is 32.1. The van der Waals surface area contributed by atoms with Crippen LogP contribution in [0.3, 0.4) is 0 Å². The number of hydrogen-bond donors (Lipinski definition) is 2. The van der Waals surface area contributed by atoms with Gasteiger partial charge in [0, 0.05) is 36.6 Å². The zero-order valence-electron chi connectivity index (χ0n) is 6.84. The van der Waals surface area contributed by atoms with Crippen molar-refractivity contribution in [3.63, 3.8) is 0 Å². The number of anilines is 1. The largest absolute Gasteiger partial charge is 0.384 e. The number of nitrogens with one attached hydrogen (secondary N) is 2. The molecule has 1 saturated heterocycles. The molecule has 0 spiro atoms. The lowest BCUT2D eigenvalue weighted by Crippen LogP contribution is -2.25. The molecule has 12 heavy (non-hydrogen) atoms. The van der Waals surface area contributed by atoms with Crippen LogP contribution in [-0.4, -0.2) is 19.6 Å². The summed E-state index contributed by atoms with van der Waals surface area (Å²) in [6.45, 7) is 3.52. The maximum atomic E-state index is 3.48. The Morgan fingerprint density at radius 3 is 3.25 bits per heavy atom. The van der Waals surface area contributed by atoms with Crippen molar-refractivity contribution in [1.82, 2.24) is 5.32 Å². The van der Waals surface area contributed by atoms with Crippen LogP contribution in [0, 0.1) is 5.92 Å². The molecular formula is C9H12N2S. The van der Waals surface area contributed by atoms with E-state index in [1.807, 2.05) is 11.3 Å². The Kier molecular flexibility index (Phi) is 1.43. The molecule has 2 aliphatic heterocycles. The van der Waals surface area contributed by atoms with Crippen LogP contribution >= 0.6 is 11.3 Å². The zero-order valence-corrected chi connectivity index (χ0v) is 7.66. The van der Waals surface area contributed by atoms with Gasteiger partial charge < -0.3 is 10.6 Å². The molecule has 1 fully saturated rings. The van der Waals surface area contributed by atoms with E-state index >= 15 is 0 Å². The zero-order chi connectivity index (χ0) is 7.97. The molecule has 1 aromatic rings. The summed E-state index contributed by atoms with van der Waals surface area (Å²) in [6, 6.07) is 0. The third kappa shape index (κ3) is 0.836. The van der Waals surface area contributed by atoms with Gasteiger partial charge in [0.25, 0.3) is 0 Å². The van der Waals surface area contributed by atoms with Crippen molar-refractivity contribution in [2.75, 3.05) is 25.0 Å². The Morgan fingerprint density at radius 1 is 1.25 bits per heavy atom. The molecule has 0 amide bonds. The van der Waals surface area contributed by atoms with Crippen LogP contribution in [-0.2, 0) is 0 Å². The molecule has 3 heteroatoms. The quantitative estimate of drug-likeness (QED) is 0.632. The molecule has 2 aliphatic rings. The van der Waals surface area contributed by atoms with Crippen LogP contribution in [0.25, 0.3) is 0 Å². The highest BCUT2D eigenvalue weighted by Gasteiger charge is 2.33. The summed E-state index contributed by atoms with van der Waals surface area (Å²) in [4.78, 5) is 0. The Bertz CT molecular complexity index is 294. The van der Waals surface area contributed by atoms with Crippen LogP contribution in [0.1, 0.15) is 11.5 Å². The van der Waals surface area contributed by atoms with Gasteiger partial charge in [-0.1, -0.05) is 0 Å².